The molecule has 0 radical (unpaired) electrons. The van der Waals surface area contributed by atoms with Gasteiger partial charge in [-0.05, 0) is 54.8 Å². The summed E-state index contributed by atoms with van der Waals surface area (Å²) in [5.41, 5.74) is 1.73. The average Bonchev–Trinajstić information content (AvgIpc) is 2.90. The topological polar surface area (TPSA) is 116 Å². The van der Waals surface area contributed by atoms with Gasteiger partial charge in [-0.25, -0.2) is 16.8 Å². The van der Waals surface area contributed by atoms with Crippen molar-refractivity contribution in [2.24, 2.45) is 5.92 Å². The zero-order chi connectivity index (χ0) is 27.9. The maximum absolute atomic E-state index is 13.4. The number of benzene rings is 2. The van der Waals surface area contributed by atoms with Gasteiger partial charge in [-0.1, -0.05) is 33.1 Å². The summed E-state index contributed by atoms with van der Waals surface area (Å²) in [6.45, 7) is 7.49. The average molecular weight is 565 g/mol. The number of hydrogen-bond acceptors (Lipinski definition) is 7. The van der Waals surface area contributed by atoms with Crippen molar-refractivity contribution < 1.29 is 21.6 Å². The van der Waals surface area contributed by atoms with Crippen molar-refractivity contribution >= 4 is 42.8 Å². The zero-order valence-corrected chi connectivity index (χ0v) is 24.4. The van der Waals surface area contributed by atoms with Gasteiger partial charge in [-0.15, -0.1) is 0 Å². The molecule has 0 bridgehead atoms. The number of nitrogens with one attached hydrogen (secondary N) is 2. The van der Waals surface area contributed by atoms with Crippen LogP contribution in [0, 0.1) is 5.92 Å². The number of rotatable bonds is 12. The molecule has 0 saturated carbocycles. The second kappa shape index (κ2) is 12.9. The highest BCUT2D eigenvalue weighted by Gasteiger charge is 2.23. The Morgan fingerprint density at radius 3 is 2.32 bits per heavy atom. The number of sulfone groups is 1. The van der Waals surface area contributed by atoms with Crippen LogP contribution < -0.4 is 19.8 Å². The van der Waals surface area contributed by atoms with E-state index in [9.17, 15) is 21.6 Å². The molecule has 2 aromatic rings. The Morgan fingerprint density at radius 1 is 1.05 bits per heavy atom. The van der Waals surface area contributed by atoms with Gasteiger partial charge >= 0.3 is 0 Å². The number of hydrogen-bond donors (Lipinski definition) is 2. The maximum Gasteiger partial charge on any atom is 0.257 e. The number of carbonyl (C=O) groups is 1. The van der Waals surface area contributed by atoms with Crippen LogP contribution in [0.2, 0.25) is 0 Å². The van der Waals surface area contributed by atoms with Crippen molar-refractivity contribution in [1.29, 1.82) is 0 Å². The number of sulfonamides is 1. The number of piperazine rings is 1. The van der Waals surface area contributed by atoms with E-state index in [2.05, 4.69) is 29.4 Å². The van der Waals surface area contributed by atoms with E-state index in [4.69, 9.17) is 0 Å². The largest absolute Gasteiger partial charge is 0.369 e. The van der Waals surface area contributed by atoms with E-state index < -0.39 is 25.8 Å². The summed E-state index contributed by atoms with van der Waals surface area (Å²) >= 11 is 0. The first-order valence-electron chi connectivity index (χ1n) is 13.1. The molecule has 0 unspecified atom stereocenters. The first kappa shape index (κ1) is 29.9. The van der Waals surface area contributed by atoms with Gasteiger partial charge in [0.15, 0.2) is 9.84 Å². The molecule has 2 aromatic carbocycles. The lowest BCUT2D eigenvalue weighted by Gasteiger charge is -2.30. The lowest BCUT2D eigenvalue weighted by molar-refractivity contribution is 0.102. The molecular formula is C27H40N4O5S2. The van der Waals surface area contributed by atoms with E-state index in [1.807, 2.05) is 6.07 Å². The zero-order valence-electron chi connectivity index (χ0n) is 22.7. The normalized spacial score (nSPS) is 15.2. The fraction of sp³-hybridized carbons (Fsp3) is 0.519. The van der Waals surface area contributed by atoms with E-state index >= 15 is 0 Å². The van der Waals surface area contributed by atoms with Crippen LogP contribution in [0.1, 0.15) is 49.9 Å². The van der Waals surface area contributed by atoms with Crippen LogP contribution in [0.3, 0.4) is 0 Å². The summed E-state index contributed by atoms with van der Waals surface area (Å²) < 4.78 is 51.1. The lowest BCUT2D eigenvalue weighted by Crippen LogP contribution is -2.43. The molecule has 1 saturated heterocycles. The van der Waals surface area contributed by atoms with E-state index in [1.54, 1.807) is 24.3 Å². The van der Waals surface area contributed by atoms with E-state index in [0.717, 1.165) is 61.7 Å². The first-order valence-corrected chi connectivity index (χ1v) is 16.6. The number of nitrogens with zero attached hydrogens (tertiary/aromatic N) is 2. The Bertz CT molecular complexity index is 1310. The summed E-state index contributed by atoms with van der Waals surface area (Å²) in [5.74, 6) is 0.207. The van der Waals surface area contributed by atoms with E-state index in [0.29, 0.717) is 18.0 Å². The standard InChI is InChI=1S/C27H40N4O5S2/c1-5-21(2)8-6-7-19-38(35,36)24-12-9-22(10-13-24)29-27(32)25-20-23(31-17-15-28-16-18-31)11-14-26(25)30(3)37(4,33)34/h9-14,20-21,28H,5-8,15-19H2,1-4H3,(H,29,32)/t21-/m1/s1. The molecule has 1 amide bonds. The second-order valence-electron chi connectivity index (χ2n) is 9.98. The van der Waals surface area contributed by atoms with Crippen LogP contribution in [-0.4, -0.2) is 68.0 Å². The Labute approximate surface area is 227 Å². The summed E-state index contributed by atoms with van der Waals surface area (Å²) in [4.78, 5) is 15.7. The number of unbranched alkanes of at least 4 members (excludes halogenated alkanes) is 1. The van der Waals surface area contributed by atoms with Crippen LogP contribution in [-0.2, 0) is 19.9 Å². The monoisotopic (exact) mass is 564 g/mol. The smallest absolute Gasteiger partial charge is 0.257 e. The van der Waals surface area contributed by atoms with Gasteiger partial charge in [0.25, 0.3) is 5.91 Å². The van der Waals surface area contributed by atoms with Crippen molar-refractivity contribution in [1.82, 2.24) is 5.32 Å². The van der Waals surface area contributed by atoms with E-state index in [1.165, 1.54) is 19.2 Å². The number of carbonyl (C=O) groups excluding carboxylic acids is 1. The third-order valence-corrected chi connectivity index (χ3v) is 10.1. The van der Waals surface area contributed by atoms with Crippen LogP contribution in [0.15, 0.2) is 47.4 Å². The quantitative estimate of drug-likeness (QED) is 0.378. The Hall–Kier alpha value is -2.63. The molecular weight excluding hydrogens is 524 g/mol. The molecule has 9 nitrogen and oxygen atoms in total. The maximum atomic E-state index is 13.4. The molecule has 1 aliphatic rings. The van der Waals surface area contributed by atoms with Gasteiger partial charge in [0.1, 0.15) is 0 Å². The van der Waals surface area contributed by atoms with Gasteiger partial charge in [-0.2, -0.15) is 0 Å². The molecule has 1 aliphatic heterocycles. The number of amides is 1. The summed E-state index contributed by atoms with van der Waals surface area (Å²) in [6, 6.07) is 11.3. The second-order valence-corrected chi connectivity index (χ2v) is 14.1. The van der Waals surface area contributed by atoms with Gasteiger partial charge in [0.05, 0.1) is 28.2 Å². The minimum Gasteiger partial charge on any atom is -0.369 e. The summed E-state index contributed by atoms with van der Waals surface area (Å²) in [5, 5.41) is 6.09. The molecule has 3 rings (SSSR count). The predicted octanol–water partition coefficient (Wildman–Crippen LogP) is 3.73. The fourth-order valence-electron chi connectivity index (χ4n) is 4.33. The van der Waals surface area contributed by atoms with Crippen molar-refractivity contribution in [3.8, 4) is 0 Å². The highest BCUT2D eigenvalue weighted by atomic mass is 32.2. The molecule has 0 spiro atoms. The molecule has 1 fully saturated rings. The summed E-state index contributed by atoms with van der Waals surface area (Å²) in [6.07, 6.45) is 4.68. The van der Waals surface area contributed by atoms with Crippen LogP contribution >= 0.6 is 0 Å². The van der Waals surface area contributed by atoms with Crippen LogP contribution in [0.25, 0.3) is 0 Å². The molecule has 210 valence electrons. The third-order valence-electron chi connectivity index (χ3n) is 7.07. The van der Waals surface area contributed by atoms with Gasteiger partial charge in [-0.3, -0.25) is 9.10 Å². The van der Waals surface area contributed by atoms with E-state index in [-0.39, 0.29) is 21.9 Å². The molecule has 0 aromatic heterocycles. The minimum absolute atomic E-state index is 0.0924. The van der Waals surface area contributed by atoms with Crippen molar-refractivity contribution in [3.05, 3.63) is 48.0 Å². The Morgan fingerprint density at radius 2 is 1.71 bits per heavy atom. The third kappa shape index (κ3) is 7.94. The van der Waals surface area contributed by atoms with Crippen molar-refractivity contribution in [3.63, 3.8) is 0 Å². The molecule has 1 atom stereocenters. The predicted molar refractivity (Wildman–Crippen MR) is 155 cm³/mol. The SMILES string of the molecule is CC[C@@H](C)CCCCS(=O)(=O)c1ccc(NC(=O)c2cc(N3CCNCC3)ccc2N(C)S(C)(=O)=O)cc1. The van der Waals surface area contributed by atoms with Crippen molar-refractivity contribution in [2.75, 3.05) is 59.8 Å². The molecule has 11 heteroatoms. The lowest BCUT2D eigenvalue weighted by atomic mass is 10.0. The van der Waals surface area contributed by atoms with Crippen molar-refractivity contribution in [2.45, 2.75) is 44.4 Å². The van der Waals surface area contributed by atoms with Gasteiger partial charge in [0, 0.05) is 44.6 Å². The Balaban J connectivity index is 1.77. The fourth-order valence-corrected chi connectivity index (χ4v) is 6.22. The van der Waals surface area contributed by atoms with Gasteiger partial charge < -0.3 is 15.5 Å². The molecule has 2 N–H and O–H groups in total. The highest BCUT2D eigenvalue weighted by molar-refractivity contribution is 7.92. The Kier molecular flexibility index (Phi) is 10.2. The molecule has 1 heterocycles. The number of anilines is 3. The summed E-state index contributed by atoms with van der Waals surface area (Å²) in [7, 11) is -5.60. The van der Waals surface area contributed by atoms with Crippen LogP contribution in [0.4, 0.5) is 17.1 Å². The molecule has 38 heavy (non-hydrogen) atoms. The first-order chi connectivity index (χ1) is 17.9. The van der Waals surface area contributed by atoms with Gasteiger partial charge in [0.2, 0.25) is 10.0 Å². The van der Waals surface area contributed by atoms with Crippen LogP contribution in [0.5, 0.6) is 0 Å². The minimum atomic E-state index is -3.60. The molecule has 0 aliphatic carbocycles. The highest BCUT2D eigenvalue weighted by Crippen LogP contribution is 2.29.